The second-order valence-electron chi connectivity index (χ2n) is 15.3. The number of aliphatic hydroxyl groups is 2. The van der Waals surface area contributed by atoms with Gasteiger partial charge in [-0.1, -0.05) is 35.1 Å². The van der Waals surface area contributed by atoms with Gasteiger partial charge in [0.25, 0.3) is 0 Å². The lowest BCUT2D eigenvalue weighted by molar-refractivity contribution is -0.200. The average Bonchev–Trinajstić information content (AvgIpc) is 3.37. The van der Waals surface area contributed by atoms with Crippen LogP contribution in [0.4, 0.5) is 0 Å². The topological polar surface area (TPSA) is 93.1 Å². The molecule has 0 amide bonds. The van der Waals surface area contributed by atoms with Gasteiger partial charge in [0.1, 0.15) is 6.10 Å². The van der Waals surface area contributed by atoms with Gasteiger partial charge >= 0.3 is 5.97 Å². The average molecular weight is 585 g/mol. The molecule has 42 heavy (non-hydrogen) atoms. The Bertz CT molecular complexity index is 1080. The van der Waals surface area contributed by atoms with E-state index in [0.29, 0.717) is 24.2 Å². The van der Waals surface area contributed by atoms with Crippen molar-refractivity contribution < 1.29 is 29.3 Å². The number of terminal acetylenes is 2. The summed E-state index contributed by atoms with van der Waals surface area (Å²) in [6.45, 7) is 14.0. The molecular weight excluding hydrogens is 528 g/mol. The van der Waals surface area contributed by atoms with Gasteiger partial charge in [0.2, 0.25) is 0 Å². The Labute approximate surface area is 255 Å². The molecule has 0 bridgehead atoms. The fourth-order valence-corrected chi connectivity index (χ4v) is 11.8. The van der Waals surface area contributed by atoms with Gasteiger partial charge in [-0.05, 0) is 111 Å². The summed E-state index contributed by atoms with van der Waals surface area (Å²) in [7, 11) is 0. The van der Waals surface area contributed by atoms with E-state index in [0.717, 1.165) is 38.5 Å². The molecule has 5 saturated carbocycles. The highest BCUT2D eigenvalue weighted by Crippen LogP contribution is 2.89. The predicted octanol–water partition coefficient (Wildman–Crippen LogP) is 5.82. The second-order valence-corrected chi connectivity index (χ2v) is 15.3. The molecule has 6 nitrogen and oxygen atoms in total. The van der Waals surface area contributed by atoms with E-state index in [9.17, 15) is 19.8 Å². The van der Waals surface area contributed by atoms with Crippen molar-refractivity contribution in [1.82, 2.24) is 0 Å². The van der Waals surface area contributed by atoms with Crippen molar-refractivity contribution in [3.63, 3.8) is 0 Å². The minimum absolute atomic E-state index is 0. The number of esters is 1. The Hall–Kier alpha value is -1.86. The monoisotopic (exact) mass is 584 g/mol. The minimum Gasteiger partial charge on any atom is -0.457 e. The number of ketones is 1. The smallest absolute Gasteiger partial charge is 0.303 e. The van der Waals surface area contributed by atoms with Crippen LogP contribution in [-0.2, 0) is 19.1 Å². The Balaban J connectivity index is 0.000000929. The fraction of sp³-hybridized carbons (Fsp3) is 0.833. The molecule has 0 aromatic heterocycles. The number of ether oxygens (including phenoxy) is 2. The van der Waals surface area contributed by atoms with Crippen LogP contribution in [0.25, 0.3) is 0 Å². The Morgan fingerprint density at radius 2 is 1.57 bits per heavy atom. The van der Waals surface area contributed by atoms with Crippen molar-refractivity contribution in [2.45, 2.75) is 137 Å². The highest BCUT2D eigenvalue weighted by molar-refractivity contribution is 5.90. The molecule has 5 aliphatic carbocycles. The number of aliphatic hydroxyl groups excluding tert-OH is 1. The molecule has 0 aromatic rings. The van der Waals surface area contributed by atoms with Crippen LogP contribution in [0.15, 0.2) is 0 Å². The number of hydrogen-bond acceptors (Lipinski definition) is 6. The van der Waals surface area contributed by atoms with Crippen molar-refractivity contribution in [2.75, 3.05) is 0 Å². The molecular formula is C36H56O6. The maximum absolute atomic E-state index is 14.3. The molecule has 236 valence electrons. The van der Waals surface area contributed by atoms with E-state index >= 15 is 0 Å². The second kappa shape index (κ2) is 11.3. The first kappa shape index (κ1) is 34.6. The van der Waals surface area contributed by atoms with E-state index in [1.54, 1.807) is 13.8 Å². The third-order valence-electron chi connectivity index (χ3n) is 13.4. The number of carbonyl (C=O) groups excluding carboxylic acids is 2. The number of fused-ring (bicyclic) bond motifs is 4. The van der Waals surface area contributed by atoms with Crippen LogP contribution in [0, 0.1) is 76.9 Å². The zero-order chi connectivity index (χ0) is 30.9. The molecule has 6 rings (SSSR count). The number of Topliss-reactive ketones (excluding diaryl/α,β-unsaturated/α-hetero) is 1. The van der Waals surface area contributed by atoms with E-state index in [1.165, 1.54) is 13.3 Å². The maximum atomic E-state index is 14.3. The van der Waals surface area contributed by atoms with Gasteiger partial charge in [0, 0.05) is 12.8 Å². The molecule has 5 unspecified atom stereocenters. The molecule has 6 aliphatic rings. The lowest BCUT2D eigenvalue weighted by Crippen LogP contribution is -2.55. The SMILES string of the molecule is C.C#C.C#C.CC(=O)O[C@@H]([C@H]1CCC2C(O1)C(=O)C1[C@@H]3CCC4C(C)(C)[C@@H](O)CCC45[C@@H](C)[C@@]35CC[C@]21C)C(C)(C)O. The van der Waals surface area contributed by atoms with Crippen LogP contribution < -0.4 is 0 Å². The summed E-state index contributed by atoms with van der Waals surface area (Å²) in [6.07, 6.45) is 22.0. The molecule has 2 spiro atoms. The fourth-order valence-electron chi connectivity index (χ4n) is 11.8. The van der Waals surface area contributed by atoms with E-state index in [4.69, 9.17) is 9.47 Å². The van der Waals surface area contributed by atoms with E-state index in [2.05, 4.69) is 53.4 Å². The van der Waals surface area contributed by atoms with Gasteiger partial charge in [-0.15, -0.1) is 25.7 Å². The van der Waals surface area contributed by atoms with Crippen LogP contribution >= 0.6 is 0 Å². The molecule has 1 heterocycles. The van der Waals surface area contributed by atoms with Crippen molar-refractivity contribution in [3.05, 3.63) is 0 Å². The highest BCUT2D eigenvalue weighted by atomic mass is 16.6. The van der Waals surface area contributed by atoms with Gasteiger partial charge in [0.15, 0.2) is 11.9 Å². The van der Waals surface area contributed by atoms with Crippen LogP contribution in [0.3, 0.4) is 0 Å². The zero-order valence-electron chi connectivity index (χ0n) is 26.2. The number of hydrogen-bond donors (Lipinski definition) is 2. The van der Waals surface area contributed by atoms with Crippen molar-refractivity contribution >= 4 is 11.8 Å². The standard InChI is InChI=1S/C31H48O6.2C2H2.CH4/c1-16-30-15-14-29(7)19-8-10-20(26(28(5,6)35)36-17(2)32)37-25(19)24(34)23(29)18(30)9-11-21-27(3,4)22(33)12-13-31(16,21)30;2*1-2;/h16,18-23,25-26,33,35H,8-15H2,1-7H3;2*1-2H;1H4/t16-,18-,19?,20+,21?,22-,23?,25?,26-,29+,30-,31?;;;/m0.../s1. The number of rotatable bonds is 3. The van der Waals surface area contributed by atoms with E-state index in [-0.39, 0.29) is 52.8 Å². The molecule has 12 atom stereocenters. The molecule has 0 aromatic carbocycles. The molecule has 6 heteroatoms. The molecule has 2 N–H and O–H groups in total. The third kappa shape index (κ3) is 4.34. The van der Waals surface area contributed by atoms with Crippen LogP contribution in [-0.4, -0.2) is 52.0 Å². The first-order valence-electron chi connectivity index (χ1n) is 15.6. The van der Waals surface area contributed by atoms with Gasteiger partial charge < -0.3 is 19.7 Å². The quantitative estimate of drug-likeness (QED) is 0.321. The lowest BCUT2D eigenvalue weighted by atomic mass is 9.46. The summed E-state index contributed by atoms with van der Waals surface area (Å²) in [5.41, 5.74) is -0.910. The summed E-state index contributed by atoms with van der Waals surface area (Å²) in [6, 6.07) is 0. The van der Waals surface area contributed by atoms with Crippen LogP contribution in [0.2, 0.25) is 0 Å². The highest BCUT2D eigenvalue weighted by Gasteiger charge is 2.85. The molecule has 6 fully saturated rings. The Kier molecular flexibility index (Phi) is 9.28. The normalized spacial score (nSPS) is 46.5. The van der Waals surface area contributed by atoms with Gasteiger partial charge in [-0.3, -0.25) is 9.59 Å². The number of carbonyl (C=O) groups is 2. The van der Waals surface area contributed by atoms with Crippen LogP contribution in [0.5, 0.6) is 0 Å². The first-order valence-corrected chi connectivity index (χ1v) is 15.6. The summed E-state index contributed by atoms with van der Waals surface area (Å²) >= 11 is 0. The van der Waals surface area contributed by atoms with Crippen molar-refractivity contribution in [2.24, 2.45) is 51.2 Å². The largest absolute Gasteiger partial charge is 0.457 e. The zero-order valence-corrected chi connectivity index (χ0v) is 26.2. The van der Waals surface area contributed by atoms with Gasteiger partial charge in [-0.25, -0.2) is 0 Å². The summed E-state index contributed by atoms with van der Waals surface area (Å²) < 4.78 is 12.1. The van der Waals surface area contributed by atoms with Gasteiger partial charge in [-0.2, -0.15) is 0 Å². The minimum atomic E-state index is -1.25. The first-order chi connectivity index (χ1) is 19.1. The molecule has 1 aliphatic heterocycles. The predicted molar refractivity (Wildman–Crippen MR) is 165 cm³/mol. The maximum Gasteiger partial charge on any atom is 0.303 e. The molecule has 0 radical (unpaired) electrons. The Morgan fingerprint density at radius 1 is 0.976 bits per heavy atom. The van der Waals surface area contributed by atoms with Crippen molar-refractivity contribution in [1.29, 1.82) is 0 Å². The van der Waals surface area contributed by atoms with Crippen molar-refractivity contribution in [3.8, 4) is 25.7 Å². The van der Waals surface area contributed by atoms with Gasteiger partial charge in [0.05, 0.1) is 17.8 Å². The summed E-state index contributed by atoms with van der Waals surface area (Å²) in [4.78, 5) is 26.2. The van der Waals surface area contributed by atoms with Crippen LogP contribution in [0.1, 0.15) is 107 Å². The summed E-state index contributed by atoms with van der Waals surface area (Å²) in [5.74, 6) is 1.54. The summed E-state index contributed by atoms with van der Waals surface area (Å²) in [5, 5.41) is 21.7. The van der Waals surface area contributed by atoms with E-state index in [1.807, 2.05) is 0 Å². The van der Waals surface area contributed by atoms with E-state index < -0.39 is 29.9 Å². The lowest BCUT2D eigenvalue weighted by Gasteiger charge is -2.58. The Morgan fingerprint density at radius 3 is 2.14 bits per heavy atom. The third-order valence-corrected chi connectivity index (χ3v) is 13.4. The molecule has 1 saturated heterocycles.